The third-order valence-corrected chi connectivity index (χ3v) is 13.6. The molecule has 0 aliphatic heterocycles. The zero-order valence-corrected chi connectivity index (χ0v) is 45.0. The smallest absolute Gasteiger partial charge is 0.244 e. The fourth-order valence-electron chi connectivity index (χ4n) is 8.50. The lowest BCUT2D eigenvalue weighted by molar-refractivity contribution is -0.136. The molecule has 8 amide bonds. The van der Waals surface area contributed by atoms with Crippen molar-refractivity contribution in [3.63, 3.8) is 0 Å². The second-order valence-electron chi connectivity index (χ2n) is 19.2. The number of aliphatic hydroxyl groups is 1. The molecule has 0 fully saturated rings. The average molecular weight is 1100 g/mol. The highest BCUT2D eigenvalue weighted by molar-refractivity contribution is 7.80. The number of aromatic amines is 1. The van der Waals surface area contributed by atoms with Crippen molar-refractivity contribution in [2.45, 2.75) is 114 Å². The van der Waals surface area contributed by atoms with Gasteiger partial charge in [-0.05, 0) is 90.7 Å². The molecule has 4 aromatic carbocycles. The van der Waals surface area contributed by atoms with E-state index in [4.69, 9.17) is 17.2 Å². The number of aromatic nitrogens is 1. The molecule has 5 rings (SSSR count). The summed E-state index contributed by atoms with van der Waals surface area (Å²) in [5.74, 6) is -7.51. The Labute approximate surface area is 457 Å². The Morgan fingerprint density at radius 3 is 1.70 bits per heavy atom. The predicted octanol–water partition coefficient (Wildman–Crippen LogP) is 0.286. The molecule has 0 saturated carbocycles. The fraction of sp³-hybridized carbons (Fsp3) is 0.407. The first-order chi connectivity index (χ1) is 36.7. The van der Waals surface area contributed by atoms with Gasteiger partial charge in [0, 0.05) is 41.4 Å². The minimum Gasteiger partial charge on any atom is -0.508 e. The van der Waals surface area contributed by atoms with Crippen LogP contribution in [0.4, 0.5) is 0 Å². The number of rotatable bonds is 29. The standard InChI is InChI=1S/C54H71N11O10S2/c1-29(2)45(54(75)63-44(28-77)53(74)65-46(30(3)66)47(57)68)64-49(70)40(14-8-9-21-55)59-51(72)42(25-35-26-58-39-13-7-6-12-37(35)39)61-50(71)41(24-31-16-19-36(67)20-17-31)60-52(73)43(27-76)62-48(69)38(56)23-32-15-18-33-10-4-5-11-34(33)22-32/h4-7,10-13,15-20,22,26,29-30,38,40-46,58,66-67,76-77H,8-9,14,21,23-25,27-28,55-56H2,1-3H3,(H2,57,68)(H,59,72)(H,60,73)(H,61,71)(H,62,69)(H,63,75)(H,64,70)(H,65,74)/t30-,38+,40+,41+,42+,43+,44+,45+,46+/m1/s1. The number of nitrogens with two attached hydrogens (primary N) is 3. The molecule has 0 spiro atoms. The van der Waals surface area contributed by atoms with Gasteiger partial charge in [0.15, 0.2) is 0 Å². The molecular formula is C54H71N11O10S2. The van der Waals surface area contributed by atoms with Crippen molar-refractivity contribution in [1.82, 2.24) is 42.2 Å². The highest BCUT2D eigenvalue weighted by Crippen LogP contribution is 2.21. The van der Waals surface area contributed by atoms with Gasteiger partial charge in [0.05, 0.1) is 12.1 Å². The molecule has 1 aromatic heterocycles. The van der Waals surface area contributed by atoms with Gasteiger partial charge in [0.2, 0.25) is 47.3 Å². The highest BCUT2D eigenvalue weighted by Gasteiger charge is 2.36. The van der Waals surface area contributed by atoms with Crippen molar-refractivity contribution < 1.29 is 48.6 Å². The van der Waals surface area contributed by atoms with Gasteiger partial charge >= 0.3 is 0 Å². The molecule has 0 unspecified atom stereocenters. The van der Waals surface area contributed by atoms with Crippen molar-refractivity contribution >= 4 is 94.2 Å². The zero-order valence-electron chi connectivity index (χ0n) is 43.2. The second-order valence-corrected chi connectivity index (χ2v) is 20.0. The molecule has 9 atom stereocenters. The molecule has 0 aliphatic rings. The van der Waals surface area contributed by atoms with Gasteiger partial charge in [-0.25, -0.2) is 0 Å². The predicted molar refractivity (Wildman–Crippen MR) is 299 cm³/mol. The number of hydrogen-bond donors (Lipinski definition) is 15. The van der Waals surface area contributed by atoms with Gasteiger partial charge in [0.1, 0.15) is 48.0 Å². The van der Waals surface area contributed by atoms with Crippen LogP contribution < -0.4 is 54.4 Å². The number of phenolic OH excluding ortho intramolecular Hbond substituents is 1. The Morgan fingerprint density at radius 2 is 1.09 bits per heavy atom. The van der Waals surface area contributed by atoms with E-state index >= 15 is 0 Å². The van der Waals surface area contributed by atoms with Gasteiger partial charge in [-0.15, -0.1) is 0 Å². The van der Waals surface area contributed by atoms with Crippen LogP contribution >= 0.6 is 25.3 Å². The van der Waals surface area contributed by atoms with Crippen LogP contribution in [0.15, 0.2) is 97.2 Å². The molecular weight excluding hydrogens is 1030 g/mol. The lowest BCUT2D eigenvalue weighted by Crippen LogP contribution is -2.62. The number of carbonyl (C=O) groups excluding carboxylic acids is 8. The van der Waals surface area contributed by atoms with Crippen molar-refractivity contribution in [3.05, 3.63) is 114 Å². The number of benzene rings is 4. The van der Waals surface area contributed by atoms with Gasteiger partial charge in [-0.3, -0.25) is 38.4 Å². The monoisotopic (exact) mass is 1100 g/mol. The summed E-state index contributed by atoms with van der Waals surface area (Å²) in [5, 5.41) is 41.3. The van der Waals surface area contributed by atoms with Crippen LogP contribution in [0.2, 0.25) is 0 Å². The normalized spacial score (nSPS) is 14.9. The molecule has 0 radical (unpaired) electrons. The number of para-hydroxylation sites is 1. The molecule has 0 saturated heterocycles. The molecule has 5 aromatic rings. The summed E-state index contributed by atoms with van der Waals surface area (Å²) in [6, 6.07) is 16.2. The Hall–Kier alpha value is -7.18. The summed E-state index contributed by atoms with van der Waals surface area (Å²) < 4.78 is 0. The van der Waals surface area contributed by atoms with Gasteiger partial charge in [0.25, 0.3) is 0 Å². The summed E-state index contributed by atoms with van der Waals surface area (Å²) in [6.07, 6.45) is 1.12. The molecule has 414 valence electrons. The summed E-state index contributed by atoms with van der Waals surface area (Å²) in [5.41, 5.74) is 20.2. The Morgan fingerprint density at radius 1 is 0.571 bits per heavy atom. The van der Waals surface area contributed by atoms with Gasteiger partial charge in [-0.1, -0.05) is 86.6 Å². The lowest BCUT2D eigenvalue weighted by atomic mass is 10.00. The summed E-state index contributed by atoms with van der Waals surface area (Å²) in [6.45, 7) is 4.81. The minimum absolute atomic E-state index is 0.0459. The largest absolute Gasteiger partial charge is 0.508 e. The lowest BCUT2D eigenvalue weighted by Gasteiger charge is -2.29. The van der Waals surface area contributed by atoms with Crippen molar-refractivity contribution in [2.75, 3.05) is 18.1 Å². The minimum atomic E-state index is -1.46. The summed E-state index contributed by atoms with van der Waals surface area (Å²) in [7, 11) is 0. The number of fused-ring (bicyclic) bond motifs is 2. The van der Waals surface area contributed by atoms with Crippen LogP contribution in [0.25, 0.3) is 21.7 Å². The summed E-state index contributed by atoms with van der Waals surface area (Å²) >= 11 is 8.54. The van der Waals surface area contributed by atoms with E-state index in [1.54, 1.807) is 38.2 Å². The second kappa shape index (κ2) is 29.4. The number of unbranched alkanes of at least 4 members (excludes halogenated alkanes) is 1. The van der Waals surface area contributed by atoms with E-state index in [1.807, 2.05) is 60.7 Å². The molecule has 1 heterocycles. The van der Waals surface area contributed by atoms with E-state index in [0.717, 1.165) is 27.2 Å². The molecule has 0 bridgehead atoms. The van der Waals surface area contributed by atoms with E-state index in [1.165, 1.54) is 19.1 Å². The van der Waals surface area contributed by atoms with Crippen molar-refractivity contribution in [1.29, 1.82) is 0 Å². The number of amides is 8. The van der Waals surface area contributed by atoms with Crippen LogP contribution in [0.5, 0.6) is 5.75 Å². The van der Waals surface area contributed by atoms with Crippen LogP contribution in [0.1, 0.15) is 56.7 Å². The Balaban J connectivity index is 1.39. The maximum absolute atomic E-state index is 14.8. The van der Waals surface area contributed by atoms with Crippen LogP contribution in [0, 0.1) is 5.92 Å². The zero-order chi connectivity index (χ0) is 56.3. The first kappa shape index (κ1) is 60.7. The maximum atomic E-state index is 14.8. The van der Waals surface area contributed by atoms with Gasteiger partial charge < -0.3 is 69.6 Å². The molecule has 23 heteroatoms. The van der Waals surface area contributed by atoms with Crippen molar-refractivity contribution in [3.8, 4) is 5.75 Å². The number of aromatic hydroxyl groups is 1. The first-order valence-electron chi connectivity index (χ1n) is 25.3. The Kier molecular flexibility index (Phi) is 23.1. The SMILES string of the molecule is CC(C)[C@H](NC(=O)[C@H](CCCCN)NC(=O)[C@H](Cc1c[nH]c2ccccc12)NC(=O)[C@H](Cc1ccc(O)cc1)NC(=O)[C@H](CS)NC(=O)[C@@H](N)Cc1ccc2ccccc2c1)C(=O)N[C@@H](CS)C(=O)N[C@H](C(N)=O)[C@@H](C)O. The third kappa shape index (κ3) is 17.7. The van der Waals surface area contributed by atoms with Gasteiger partial charge in [-0.2, -0.15) is 25.3 Å². The van der Waals surface area contributed by atoms with E-state index in [0.29, 0.717) is 24.0 Å². The quantitative estimate of drug-likeness (QED) is 0.0227. The number of H-pyrrole nitrogens is 1. The van der Waals surface area contributed by atoms with E-state index < -0.39 is 108 Å². The average Bonchev–Trinajstić information content (AvgIpc) is 3.82. The number of nitrogens with one attached hydrogen (secondary N) is 8. The Bertz CT molecular complexity index is 2850. The van der Waals surface area contributed by atoms with E-state index in [-0.39, 0.29) is 49.5 Å². The number of hydrogen-bond acceptors (Lipinski definition) is 14. The molecule has 16 N–H and O–H groups in total. The van der Waals surface area contributed by atoms with Crippen LogP contribution in [0.3, 0.4) is 0 Å². The number of carbonyl (C=O) groups is 8. The highest BCUT2D eigenvalue weighted by atomic mass is 32.1. The van der Waals surface area contributed by atoms with E-state index in [9.17, 15) is 48.6 Å². The number of primary amides is 1. The maximum Gasteiger partial charge on any atom is 0.244 e. The summed E-state index contributed by atoms with van der Waals surface area (Å²) in [4.78, 5) is 113. The van der Waals surface area contributed by atoms with Crippen LogP contribution in [-0.2, 0) is 57.6 Å². The molecule has 21 nitrogen and oxygen atoms in total. The van der Waals surface area contributed by atoms with Crippen LogP contribution in [-0.4, -0.2) is 135 Å². The topological polar surface area (TPSA) is 355 Å². The number of aliphatic hydroxyl groups excluding tert-OH is 1. The third-order valence-electron chi connectivity index (χ3n) is 12.9. The first-order valence-corrected chi connectivity index (χ1v) is 26.6. The van der Waals surface area contributed by atoms with E-state index in [2.05, 4.69) is 67.5 Å². The fourth-order valence-corrected chi connectivity index (χ4v) is 9.01. The number of thiol groups is 2. The number of phenols is 1. The van der Waals surface area contributed by atoms with Crippen molar-refractivity contribution in [2.24, 2.45) is 23.1 Å². The molecule has 77 heavy (non-hydrogen) atoms. The molecule has 0 aliphatic carbocycles.